The summed E-state index contributed by atoms with van der Waals surface area (Å²) in [7, 11) is 0. The van der Waals surface area contributed by atoms with Gasteiger partial charge in [0.1, 0.15) is 6.10 Å². The SMILES string of the molecule is CC(=O)O[C@H]1C(C)=C[C@]23C(=O)[C@H](C=C4COC(C)(C)O[C@H]4[C@]12O)[C@H]1[C@@H](C[C@H]3C)C1(C)C. The van der Waals surface area contributed by atoms with Gasteiger partial charge in [0.2, 0.25) is 0 Å². The number of esters is 1. The van der Waals surface area contributed by atoms with Gasteiger partial charge in [-0.15, -0.1) is 0 Å². The summed E-state index contributed by atoms with van der Waals surface area (Å²) in [6.07, 6.45) is 3.01. The summed E-state index contributed by atoms with van der Waals surface area (Å²) in [4.78, 5) is 26.4. The molecule has 0 aromatic carbocycles. The molecule has 4 aliphatic carbocycles. The second-order valence-corrected chi connectivity index (χ2v) is 11.5. The molecule has 5 rings (SSSR count). The molecule has 8 atom stereocenters. The average Bonchev–Trinajstić information content (AvgIpc) is 3.15. The van der Waals surface area contributed by atoms with Gasteiger partial charge in [0.15, 0.2) is 23.3 Å². The first-order chi connectivity index (χ1) is 14.3. The molecule has 1 saturated heterocycles. The monoisotopic (exact) mass is 430 g/mol. The molecular weight excluding hydrogens is 396 g/mol. The van der Waals surface area contributed by atoms with Crippen molar-refractivity contribution >= 4 is 11.8 Å². The predicted octanol–water partition coefficient (Wildman–Crippen LogP) is 3.18. The summed E-state index contributed by atoms with van der Waals surface area (Å²) in [5.41, 5.74) is -1.34. The molecule has 6 heteroatoms. The Labute approximate surface area is 184 Å². The molecule has 3 fully saturated rings. The third-order valence-corrected chi connectivity index (χ3v) is 8.95. The van der Waals surface area contributed by atoms with Gasteiger partial charge in [-0.2, -0.15) is 0 Å². The molecule has 0 unspecified atom stereocenters. The minimum Gasteiger partial charge on any atom is -0.455 e. The maximum Gasteiger partial charge on any atom is 0.303 e. The summed E-state index contributed by atoms with van der Waals surface area (Å²) >= 11 is 0. The third kappa shape index (κ3) is 2.50. The van der Waals surface area contributed by atoms with Crippen molar-refractivity contribution < 1.29 is 28.9 Å². The van der Waals surface area contributed by atoms with E-state index in [0.29, 0.717) is 11.5 Å². The lowest BCUT2D eigenvalue weighted by Crippen LogP contribution is -2.68. The van der Waals surface area contributed by atoms with Crippen molar-refractivity contribution in [2.24, 2.45) is 34.5 Å². The molecule has 5 aliphatic rings. The van der Waals surface area contributed by atoms with E-state index in [1.165, 1.54) is 6.92 Å². The number of aliphatic hydroxyl groups is 1. The van der Waals surface area contributed by atoms with E-state index in [1.54, 1.807) is 0 Å². The minimum absolute atomic E-state index is 0.0258. The lowest BCUT2D eigenvalue weighted by Gasteiger charge is -2.52. The number of hydrogen-bond donors (Lipinski definition) is 1. The topological polar surface area (TPSA) is 82.1 Å². The smallest absolute Gasteiger partial charge is 0.303 e. The largest absolute Gasteiger partial charge is 0.455 e. The number of carbonyl (C=O) groups excluding carboxylic acids is 2. The first-order valence-electron chi connectivity index (χ1n) is 11.4. The number of fused-ring (bicyclic) bond motifs is 5. The van der Waals surface area contributed by atoms with Crippen molar-refractivity contribution in [3.63, 3.8) is 0 Å². The highest BCUT2D eigenvalue weighted by atomic mass is 16.7. The van der Waals surface area contributed by atoms with Crippen LogP contribution in [0.15, 0.2) is 23.3 Å². The first kappa shape index (κ1) is 21.4. The van der Waals surface area contributed by atoms with E-state index < -0.39 is 35.0 Å². The third-order valence-electron chi connectivity index (χ3n) is 8.95. The van der Waals surface area contributed by atoms with Crippen LogP contribution in [0.2, 0.25) is 0 Å². The highest BCUT2D eigenvalue weighted by Crippen LogP contribution is 2.72. The van der Waals surface area contributed by atoms with Crippen LogP contribution in [-0.4, -0.2) is 47.1 Å². The van der Waals surface area contributed by atoms with Crippen molar-refractivity contribution in [2.75, 3.05) is 6.61 Å². The molecule has 1 heterocycles. The number of ether oxygens (including phenoxy) is 3. The van der Waals surface area contributed by atoms with Crippen molar-refractivity contribution in [1.29, 1.82) is 0 Å². The highest BCUT2D eigenvalue weighted by Gasteiger charge is 2.77. The van der Waals surface area contributed by atoms with Gasteiger partial charge in [0, 0.05) is 12.8 Å². The van der Waals surface area contributed by atoms with Crippen molar-refractivity contribution in [3.8, 4) is 0 Å². The molecule has 0 amide bonds. The second-order valence-electron chi connectivity index (χ2n) is 11.5. The predicted molar refractivity (Wildman–Crippen MR) is 113 cm³/mol. The lowest BCUT2D eigenvalue weighted by molar-refractivity contribution is -0.303. The zero-order valence-electron chi connectivity index (χ0n) is 19.5. The Bertz CT molecular complexity index is 928. The molecule has 31 heavy (non-hydrogen) atoms. The van der Waals surface area contributed by atoms with Gasteiger partial charge in [0.25, 0.3) is 0 Å². The van der Waals surface area contributed by atoms with Crippen LogP contribution in [0.3, 0.4) is 0 Å². The van der Waals surface area contributed by atoms with Crippen LogP contribution in [0.25, 0.3) is 0 Å². The fourth-order valence-corrected chi connectivity index (χ4v) is 7.47. The average molecular weight is 431 g/mol. The van der Waals surface area contributed by atoms with Crippen LogP contribution in [0.1, 0.15) is 54.9 Å². The van der Waals surface area contributed by atoms with Gasteiger partial charge >= 0.3 is 5.97 Å². The van der Waals surface area contributed by atoms with E-state index in [9.17, 15) is 14.7 Å². The van der Waals surface area contributed by atoms with Gasteiger partial charge in [-0.1, -0.05) is 32.9 Å². The molecule has 2 saturated carbocycles. The van der Waals surface area contributed by atoms with E-state index in [0.717, 1.165) is 12.0 Å². The van der Waals surface area contributed by atoms with Crippen molar-refractivity contribution in [3.05, 3.63) is 23.3 Å². The summed E-state index contributed by atoms with van der Waals surface area (Å²) in [6.45, 7) is 13.6. The van der Waals surface area contributed by atoms with Crippen molar-refractivity contribution in [2.45, 2.75) is 78.5 Å². The van der Waals surface area contributed by atoms with Gasteiger partial charge in [-0.3, -0.25) is 9.59 Å². The Balaban J connectivity index is 1.76. The fraction of sp³-hybridized carbons (Fsp3) is 0.760. The van der Waals surface area contributed by atoms with Gasteiger partial charge in [-0.05, 0) is 61.5 Å². The van der Waals surface area contributed by atoms with E-state index in [-0.39, 0.29) is 35.6 Å². The maximum absolute atomic E-state index is 14.4. The van der Waals surface area contributed by atoms with Crippen LogP contribution in [0.5, 0.6) is 0 Å². The highest BCUT2D eigenvalue weighted by molar-refractivity contribution is 5.95. The number of hydrogen-bond acceptors (Lipinski definition) is 6. The Kier molecular flexibility index (Phi) is 4.19. The first-order valence-corrected chi connectivity index (χ1v) is 11.4. The lowest BCUT2D eigenvalue weighted by atomic mass is 9.59. The molecular formula is C25H34O6. The molecule has 1 aliphatic heterocycles. The Morgan fingerprint density at radius 3 is 2.58 bits per heavy atom. The Morgan fingerprint density at radius 1 is 1.26 bits per heavy atom. The molecule has 2 bridgehead atoms. The van der Waals surface area contributed by atoms with Crippen LogP contribution in [-0.2, 0) is 23.8 Å². The molecule has 1 N–H and O–H groups in total. The zero-order valence-corrected chi connectivity index (χ0v) is 19.5. The van der Waals surface area contributed by atoms with Crippen LogP contribution in [0, 0.1) is 34.5 Å². The summed E-state index contributed by atoms with van der Waals surface area (Å²) in [6, 6.07) is 0. The number of Topliss-reactive ketones (excluding diaryl/α,β-unsaturated/α-hetero) is 1. The molecule has 170 valence electrons. The second kappa shape index (κ2) is 6.09. The molecule has 6 nitrogen and oxygen atoms in total. The Hall–Kier alpha value is -1.50. The summed E-state index contributed by atoms with van der Waals surface area (Å²) in [5, 5.41) is 12.6. The fourth-order valence-electron chi connectivity index (χ4n) is 7.47. The quantitative estimate of drug-likeness (QED) is 0.508. The van der Waals surface area contributed by atoms with E-state index in [4.69, 9.17) is 14.2 Å². The van der Waals surface area contributed by atoms with E-state index in [2.05, 4.69) is 20.8 Å². The molecule has 0 aromatic heterocycles. The van der Waals surface area contributed by atoms with Gasteiger partial charge in [0.05, 0.1) is 12.0 Å². The zero-order chi connectivity index (χ0) is 22.7. The summed E-state index contributed by atoms with van der Waals surface area (Å²) in [5.74, 6) is -1.19. The molecule has 0 radical (unpaired) electrons. The number of rotatable bonds is 1. The molecule has 1 spiro atoms. The summed E-state index contributed by atoms with van der Waals surface area (Å²) < 4.78 is 18.0. The van der Waals surface area contributed by atoms with Gasteiger partial charge in [-0.25, -0.2) is 0 Å². The normalized spacial score (nSPS) is 48.8. The standard InChI is InChI=1S/C25H34O6/c1-12-10-24-13(2)8-17-18(22(17,4)5)16(19(24)27)9-15-11-29-23(6,7)31-21(15)25(24,28)20(12)30-14(3)26/h9-10,13,16-18,20-21,28H,8,11H2,1-7H3/t13-,16-,17-,18+,20+,21-,24+,25-/m1/s1. The Morgan fingerprint density at radius 2 is 1.94 bits per heavy atom. The number of ketones is 1. The van der Waals surface area contributed by atoms with E-state index in [1.807, 2.05) is 32.9 Å². The number of allylic oxidation sites excluding steroid dienone is 1. The van der Waals surface area contributed by atoms with Crippen molar-refractivity contribution in [1.82, 2.24) is 0 Å². The maximum atomic E-state index is 14.4. The van der Waals surface area contributed by atoms with Crippen LogP contribution >= 0.6 is 0 Å². The van der Waals surface area contributed by atoms with E-state index >= 15 is 0 Å². The van der Waals surface area contributed by atoms with Gasteiger partial charge < -0.3 is 19.3 Å². The van der Waals surface area contributed by atoms with Crippen LogP contribution < -0.4 is 0 Å². The minimum atomic E-state index is -1.72. The molecule has 0 aromatic rings. The van der Waals surface area contributed by atoms with Crippen LogP contribution in [0.4, 0.5) is 0 Å². The number of carbonyl (C=O) groups is 2.